The predicted octanol–water partition coefficient (Wildman–Crippen LogP) is 1.40. The second-order valence-electron chi connectivity index (χ2n) is 4.77. The van der Waals surface area contributed by atoms with Gasteiger partial charge < -0.3 is 15.5 Å². The van der Waals surface area contributed by atoms with E-state index in [1.165, 1.54) is 11.5 Å². The van der Waals surface area contributed by atoms with E-state index in [-0.39, 0.29) is 0 Å². The van der Waals surface area contributed by atoms with Crippen LogP contribution in [0.15, 0.2) is 18.3 Å². The first-order valence-corrected chi connectivity index (χ1v) is 7.57. The van der Waals surface area contributed by atoms with Crippen LogP contribution in [0.4, 0.5) is 16.6 Å². The molecule has 3 rings (SSSR count). The van der Waals surface area contributed by atoms with E-state index in [9.17, 15) is 0 Å². The fourth-order valence-corrected chi connectivity index (χ4v) is 3.03. The smallest absolute Gasteiger partial charge is 0.205 e. The number of nitrogens with two attached hydrogens (primary N) is 1. The Hall–Kier alpha value is -1.89. The van der Waals surface area contributed by atoms with Gasteiger partial charge in [-0.3, -0.25) is 0 Å². The molecular formula is C13H18N6S. The van der Waals surface area contributed by atoms with Crippen LogP contribution >= 0.6 is 11.5 Å². The van der Waals surface area contributed by atoms with Gasteiger partial charge in [0.15, 0.2) is 0 Å². The zero-order valence-electron chi connectivity index (χ0n) is 11.5. The molecule has 1 aliphatic heterocycles. The van der Waals surface area contributed by atoms with Gasteiger partial charge in [-0.25, -0.2) is 9.97 Å². The third kappa shape index (κ3) is 2.67. The van der Waals surface area contributed by atoms with Crippen LogP contribution in [0.1, 0.15) is 12.7 Å². The second-order valence-corrected chi connectivity index (χ2v) is 5.50. The van der Waals surface area contributed by atoms with Crippen molar-refractivity contribution in [1.29, 1.82) is 0 Å². The minimum Gasteiger partial charge on any atom is -0.397 e. The Morgan fingerprint density at radius 1 is 1.20 bits per heavy atom. The van der Waals surface area contributed by atoms with Gasteiger partial charge in [-0.1, -0.05) is 6.92 Å². The molecule has 0 saturated carbocycles. The minimum atomic E-state index is 0.702. The SMILES string of the molecule is CCc1nsc(N2CCN(c3ccc(N)cn3)CC2)n1. The van der Waals surface area contributed by atoms with Crippen molar-refractivity contribution in [3.63, 3.8) is 0 Å². The topological polar surface area (TPSA) is 71.2 Å². The fourth-order valence-electron chi connectivity index (χ4n) is 2.23. The first-order chi connectivity index (χ1) is 9.76. The average Bonchev–Trinajstić information content (AvgIpc) is 2.97. The highest BCUT2D eigenvalue weighted by molar-refractivity contribution is 7.09. The summed E-state index contributed by atoms with van der Waals surface area (Å²) in [4.78, 5) is 13.5. The molecule has 0 unspecified atom stereocenters. The van der Waals surface area contributed by atoms with E-state index >= 15 is 0 Å². The number of aryl methyl sites for hydroxylation is 1. The molecule has 106 valence electrons. The maximum absolute atomic E-state index is 5.67. The van der Waals surface area contributed by atoms with Crippen molar-refractivity contribution < 1.29 is 0 Å². The molecule has 2 aromatic rings. The molecule has 0 spiro atoms. The molecular weight excluding hydrogens is 272 g/mol. The summed E-state index contributed by atoms with van der Waals surface area (Å²) in [6.45, 7) is 5.86. The van der Waals surface area contributed by atoms with E-state index in [2.05, 4.69) is 31.1 Å². The van der Waals surface area contributed by atoms with Crippen molar-refractivity contribution in [3.05, 3.63) is 24.2 Å². The summed E-state index contributed by atoms with van der Waals surface area (Å²) in [7, 11) is 0. The molecule has 1 aliphatic rings. The van der Waals surface area contributed by atoms with Gasteiger partial charge in [0.2, 0.25) is 5.13 Å². The molecule has 6 nitrogen and oxygen atoms in total. The van der Waals surface area contributed by atoms with Gasteiger partial charge in [0, 0.05) is 44.1 Å². The van der Waals surface area contributed by atoms with E-state index < -0.39 is 0 Å². The standard InChI is InChI=1S/C13H18N6S/c1-2-11-16-13(20-17-11)19-7-5-18(6-8-19)12-4-3-10(14)9-15-12/h3-4,9H,2,5-8,14H2,1H3. The van der Waals surface area contributed by atoms with Crippen LogP contribution < -0.4 is 15.5 Å². The monoisotopic (exact) mass is 290 g/mol. The summed E-state index contributed by atoms with van der Waals surface area (Å²) in [5.41, 5.74) is 6.37. The molecule has 0 radical (unpaired) electrons. The second kappa shape index (κ2) is 5.62. The zero-order valence-corrected chi connectivity index (χ0v) is 12.3. The van der Waals surface area contributed by atoms with Crippen molar-refractivity contribution in [2.45, 2.75) is 13.3 Å². The number of piperazine rings is 1. The largest absolute Gasteiger partial charge is 0.397 e. The Morgan fingerprint density at radius 3 is 2.55 bits per heavy atom. The fraction of sp³-hybridized carbons (Fsp3) is 0.462. The van der Waals surface area contributed by atoms with Crippen LogP contribution in [-0.4, -0.2) is 40.5 Å². The summed E-state index contributed by atoms with van der Waals surface area (Å²) in [6, 6.07) is 3.87. The molecule has 0 atom stereocenters. The van der Waals surface area contributed by atoms with E-state index in [1.807, 2.05) is 12.1 Å². The minimum absolute atomic E-state index is 0.702. The van der Waals surface area contributed by atoms with Crippen LogP contribution in [-0.2, 0) is 6.42 Å². The summed E-state index contributed by atoms with van der Waals surface area (Å²) in [5, 5.41) is 1.03. The molecule has 20 heavy (non-hydrogen) atoms. The lowest BCUT2D eigenvalue weighted by Crippen LogP contribution is -2.46. The number of rotatable bonds is 3. The molecule has 1 fully saturated rings. The molecule has 0 bridgehead atoms. The maximum Gasteiger partial charge on any atom is 0.205 e. The first-order valence-electron chi connectivity index (χ1n) is 6.80. The van der Waals surface area contributed by atoms with Crippen molar-refractivity contribution in [2.24, 2.45) is 0 Å². The van der Waals surface area contributed by atoms with E-state index in [1.54, 1.807) is 6.20 Å². The van der Waals surface area contributed by atoms with E-state index in [0.29, 0.717) is 5.69 Å². The average molecular weight is 290 g/mol. The maximum atomic E-state index is 5.67. The van der Waals surface area contributed by atoms with Gasteiger partial charge in [0.1, 0.15) is 11.6 Å². The highest BCUT2D eigenvalue weighted by Crippen LogP contribution is 2.21. The van der Waals surface area contributed by atoms with Crippen LogP contribution in [0, 0.1) is 0 Å². The molecule has 0 amide bonds. The molecule has 7 heteroatoms. The zero-order chi connectivity index (χ0) is 13.9. The van der Waals surface area contributed by atoms with Crippen molar-refractivity contribution in [3.8, 4) is 0 Å². The quantitative estimate of drug-likeness (QED) is 0.921. The highest BCUT2D eigenvalue weighted by atomic mass is 32.1. The summed E-state index contributed by atoms with van der Waals surface area (Å²) >= 11 is 1.49. The molecule has 2 N–H and O–H groups in total. The number of hydrogen-bond donors (Lipinski definition) is 1. The van der Waals surface area contributed by atoms with Crippen molar-refractivity contribution in [1.82, 2.24) is 14.3 Å². The molecule has 2 aromatic heterocycles. The molecule has 0 aliphatic carbocycles. The van der Waals surface area contributed by atoms with Gasteiger partial charge in [0.25, 0.3) is 0 Å². The van der Waals surface area contributed by atoms with E-state index in [4.69, 9.17) is 5.73 Å². The molecule has 3 heterocycles. The Kier molecular flexibility index (Phi) is 3.68. The third-order valence-corrected chi connectivity index (χ3v) is 4.23. The van der Waals surface area contributed by atoms with Gasteiger partial charge in [0.05, 0.1) is 11.9 Å². The van der Waals surface area contributed by atoms with E-state index in [0.717, 1.165) is 49.4 Å². The summed E-state index contributed by atoms with van der Waals surface area (Å²) < 4.78 is 4.35. The number of nitrogens with zero attached hydrogens (tertiary/aromatic N) is 5. The number of anilines is 3. The van der Waals surface area contributed by atoms with Gasteiger partial charge in [-0.05, 0) is 12.1 Å². The van der Waals surface area contributed by atoms with Gasteiger partial charge >= 0.3 is 0 Å². The third-order valence-electron chi connectivity index (χ3n) is 3.42. The van der Waals surface area contributed by atoms with Crippen LogP contribution in [0.5, 0.6) is 0 Å². The highest BCUT2D eigenvalue weighted by Gasteiger charge is 2.20. The predicted molar refractivity (Wildman–Crippen MR) is 82.4 cm³/mol. The number of pyridine rings is 1. The lowest BCUT2D eigenvalue weighted by molar-refractivity contribution is 0.645. The normalized spacial score (nSPS) is 15.7. The van der Waals surface area contributed by atoms with Crippen molar-refractivity contribution >= 4 is 28.2 Å². The Bertz CT molecular complexity index is 558. The Labute approximate surface area is 122 Å². The number of aromatic nitrogens is 3. The van der Waals surface area contributed by atoms with Crippen LogP contribution in [0.2, 0.25) is 0 Å². The first kappa shape index (κ1) is 13.1. The van der Waals surface area contributed by atoms with Gasteiger partial charge in [-0.15, -0.1) is 0 Å². The Morgan fingerprint density at radius 2 is 1.95 bits per heavy atom. The van der Waals surface area contributed by atoms with Gasteiger partial charge in [-0.2, -0.15) is 4.37 Å². The number of nitrogen functional groups attached to an aromatic ring is 1. The Balaban J connectivity index is 1.63. The lowest BCUT2D eigenvalue weighted by atomic mass is 10.3. The van der Waals surface area contributed by atoms with Crippen LogP contribution in [0.25, 0.3) is 0 Å². The number of hydrogen-bond acceptors (Lipinski definition) is 7. The lowest BCUT2D eigenvalue weighted by Gasteiger charge is -2.35. The molecule has 0 aromatic carbocycles. The van der Waals surface area contributed by atoms with Crippen LogP contribution in [0.3, 0.4) is 0 Å². The summed E-state index contributed by atoms with van der Waals surface area (Å²) in [6.07, 6.45) is 2.60. The molecule has 1 saturated heterocycles. The summed E-state index contributed by atoms with van der Waals surface area (Å²) in [5.74, 6) is 1.93. The van der Waals surface area contributed by atoms with Crippen molar-refractivity contribution in [2.75, 3.05) is 41.7 Å².